The van der Waals surface area contributed by atoms with Gasteiger partial charge in [-0.2, -0.15) is 0 Å². The van der Waals surface area contributed by atoms with Gasteiger partial charge in [0.2, 0.25) is 5.91 Å². The fourth-order valence-corrected chi connectivity index (χ4v) is 2.33. The van der Waals surface area contributed by atoms with E-state index < -0.39 is 5.97 Å². The van der Waals surface area contributed by atoms with Crippen LogP contribution in [0.25, 0.3) is 0 Å². The van der Waals surface area contributed by atoms with Crippen LogP contribution in [0, 0.1) is 0 Å². The van der Waals surface area contributed by atoms with E-state index in [1.165, 1.54) is 27.4 Å². The molecule has 0 aromatic carbocycles. The molecule has 0 unspecified atom stereocenters. The van der Waals surface area contributed by atoms with Gasteiger partial charge in [0.05, 0.1) is 6.54 Å². The van der Waals surface area contributed by atoms with Crippen LogP contribution in [-0.2, 0) is 17.9 Å². The first-order valence-corrected chi connectivity index (χ1v) is 7.04. The average molecular weight is 307 g/mol. The maximum Gasteiger partial charge on any atom is 0.355 e. The lowest BCUT2D eigenvalue weighted by atomic mass is 10.3. The number of carbonyl (C=O) groups is 2. The van der Waals surface area contributed by atoms with Crippen LogP contribution in [0.3, 0.4) is 0 Å². The number of thiazole rings is 1. The molecule has 21 heavy (non-hydrogen) atoms. The van der Waals surface area contributed by atoms with Crippen LogP contribution >= 0.6 is 11.3 Å². The maximum atomic E-state index is 11.7. The molecule has 0 saturated carbocycles. The molecule has 8 heteroatoms. The third-order valence-corrected chi connectivity index (χ3v) is 3.54. The third kappa shape index (κ3) is 4.25. The Balaban J connectivity index is 1.81. The van der Waals surface area contributed by atoms with E-state index in [2.05, 4.69) is 10.3 Å². The first-order chi connectivity index (χ1) is 10.1. The van der Waals surface area contributed by atoms with Crippen molar-refractivity contribution < 1.29 is 14.7 Å². The standard InChI is InChI=1S/C13H13N3O4S/c17-10(4-6-16-5-2-1-3-12(16)18)14-7-11-15-9(8-21-11)13(19)20/h1-3,5,8H,4,6-7H2,(H,14,17)(H,19,20). The average Bonchev–Trinajstić information content (AvgIpc) is 2.93. The number of carboxylic acids is 1. The molecule has 7 nitrogen and oxygen atoms in total. The van der Waals surface area contributed by atoms with E-state index in [0.29, 0.717) is 11.6 Å². The molecule has 0 atom stereocenters. The Labute approximate surface area is 123 Å². The van der Waals surface area contributed by atoms with Crippen LogP contribution in [0.4, 0.5) is 0 Å². The van der Waals surface area contributed by atoms with Crippen molar-refractivity contribution in [2.24, 2.45) is 0 Å². The molecule has 0 fully saturated rings. The van der Waals surface area contributed by atoms with Crippen molar-refractivity contribution in [3.05, 3.63) is 50.8 Å². The van der Waals surface area contributed by atoms with E-state index in [0.717, 1.165) is 0 Å². The smallest absolute Gasteiger partial charge is 0.355 e. The molecule has 0 bridgehead atoms. The molecule has 0 aliphatic rings. The lowest BCUT2D eigenvalue weighted by Crippen LogP contribution is -2.26. The van der Waals surface area contributed by atoms with Gasteiger partial charge < -0.3 is 15.0 Å². The molecule has 2 heterocycles. The van der Waals surface area contributed by atoms with E-state index in [1.807, 2.05) is 0 Å². The van der Waals surface area contributed by atoms with E-state index in [-0.39, 0.29) is 30.1 Å². The number of carbonyl (C=O) groups excluding carboxylic acids is 1. The second kappa shape index (κ2) is 6.80. The summed E-state index contributed by atoms with van der Waals surface area (Å²) in [7, 11) is 0. The van der Waals surface area contributed by atoms with Crippen LogP contribution in [0.15, 0.2) is 34.6 Å². The number of amides is 1. The summed E-state index contributed by atoms with van der Waals surface area (Å²) in [5, 5.41) is 13.3. The minimum Gasteiger partial charge on any atom is -0.476 e. The van der Waals surface area contributed by atoms with Gasteiger partial charge in [0.25, 0.3) is 5.56 Å². The summed E-state index contributed by atoms with van der Waals surface area (Å²) in [5.41, 5.74) is -0.184. The third-order valence-electron chi connectivity index (χ3n) is 2.69. The van der Waals surface area contributed by atoms with Gasteiger partial charge in [0.15, 0.2) is 5.69 Å². The SMILES string of the molecule is O=C(CCn1ccccc1=O)NCc1nc(C(=O)O)cs1. The lowest BCUT2D eigenvalue weighted by Gasteiger charge is -2.05. The van der Waals surface area contributed by atoms with E-state index >= 15 is 0 Å². The summed E-state index contributed by atoms with van der Waals surface area (Å²) < 4.78 is 1.45. The Morgan fingerprint density at radius 1 is 1.38 bits per heavy atom. The Hall–Kier alpha value is -2.48. The molecular formula is C13H13N3O4S. The maximum absolute atomic E-state index is 11.7. The normalized spacial score (nSPS) is 10.3. The van der Waals surface area contributed by atoms with Gasteiger partial charge in [0, 0.05) is 30.6 Å². The van der Waals surface area contributed by atoms with Crippen molar-refractivity contribution in [2.45, 2.75) is 19.5 Å². The van der Waals surface area contributed by atoms with Gasteiger partial charge in [-0.25, -0.2) is 9.78 Å². The first-order valence-electron chi connectivity index (χ1n) is 6.16. The van der Waals surface area contributed by atoms with Gasteiger partial charge in [-0.05, 0) is 6.07 Å². The summed E-state index contributed by atoms with van der Waals surface area (Å²) in [5.74, 6) is -1.31. The molecule has 0 saturated heterocycles. The monoisotopic (exact) mass is 307 g/mol. The summed E-state index contributed by atoms with van der Waals surface area (Å²) in [6, 6.07) is 4.80. The molecule has 2 rings (SSSR count). The molecule has 0 radical (unpaired) electrons. The Bertz CT molecular complexity index is 707. The second-order valence-electron chi connectivity index (χ2n) is 4.19. The highest BCUT2D eigenvalue weighted by Gasteiger charge is 2.09. The van der Waals surface area contributed by atoms with E-state index in [1.54, 1.807) is 18.3 Å². The second-order valence-corrected chi connectivity index (χ2v) is 5.13. The number of nitrogens with one attached hydrogen (secondary N) is 1. The topological polar surface area (TPSA) is 101 Å². The fraction of sp³-hybridized carbons (Fsp3) is 0.231. The zero-order valence-corrected chi connectivity index (χ0v) is 11.8. The van der Waals surface area contributed by atoms with Gasteiger partial charge in [0.1, 0.15) is 5.01 Å². The molecule has 2 N–H and O–H groups in total. The molecule has 2 aromatic heterocycles. The Kier molecular flexibility index (Phi) is 4.83. The Morgan fingerprint density at radius 3 is 2.86 bits per heavy atom. The highest BCUT2D eigenvalue weighted by molar-refractivity contribution is 7.09. The van der Waals surface area contributed by atoms with Crippen LogP contribution in [0.1, 0.15) is 21.9 Å². The van der Waals surface area contributed by atoms with Crippen LogP contribution in [0.5, 0.6) is 0 Å². The van der Waals surface area contributed by atoms with Crippen molar-refractivity contribution in [1.29, 1.82) is 0 Å². The number of aromatic nitrogens is 2. The largest absolute Gasteiger partial charge is 0.476 e. The molecular weight excluding hydrogens is 294 g/mol. The first kappa shape index (κ1) is 14.9. The molecule has 2 aromatic rings. The summed E-state index contributed by atoms with van der Waals surface area (Å²) in [6.07, 6.45) is 1.79. The van der Waals surface area contributed by atoms with E-state index in [4.69, 9.17) is 5.11 Å². The quantitative estimate of drug-likeness (QED) is 0.818. The van der Waals surface area contributed by atoms with Gasteiger partial charge in [-0.15, -0.1) is 11.3 Å². The van der Waals surface area contributed by atoms with Crippen molar-refractivity contribution in [3.63, 3.8) is 0 Å². The summed E-state index contributed by atoms with van der Waals surface area (Å²) in [6.45, 7) is 0.476. The summed E-state index contributed by atoms with van der Waals surface area (Å²) >= 11 is 1.17. The van der Waals surface area contributed by atoms with Crippen molar-refractivity contribution >= 4 is 23.2 Å². The predicted octanol–water partition coefficient (Wildman–Crippen LogP) is 0.710. The predicted molar refractivity (Wildman–Crippen MR) is 76.2 cm³/mol. The number of rotatable bonds is 6. The van der Waals surface area contributed by atoms with Crippen molar-refractivity contribution in [1.82, 2.24) is 14.9 Å². The van der Waals surface area contributed by atoms with Gasteiger partial charge in [-0.1, -0.05) is 6.07 Å². The van der Waals surface area contributed by atoms with Gasteiger partial charge >= 0.3 is 5.97 Å². The summed E-state index contributed by atoms with van der Waals surface area (Å²) in [4.78, 5) is 37.7. The van der Waals surface area contributed by atoms with E-state index in [9.17, 15) is 14.4 Å². The van der Waals surface area contributed by atoms with Crippen molar-refractivity contribution in [2.75, 3.05) is 0 Å². The highest BCUT2D eigenvalue weighted by Crippen LogP contribution is 2.09. The molecule has 110 valence electrons. The molecule has 0 spiro atoms. The van der Waals surface area contributed by atoms with Gasteiger partial charge in [-0.3, -0.25) is 9.59 Å². The minimum atomic E-state index is -1.09. The van der Waals surface area contributed by atoms with Crippen LogP contribution in [-0.4, -0.2) is 26.5 Å². The number of hydrogen-bond acceptors (Lipinski definition) is 5. The lowest BCUT2D eigenvalue weighted by molar-refractivity contribution is -0.121. The highest BCUT2D eigenvalue weighted by atomic mass is 32.1. The molecule has 0 aliphatic heterocycles. The number of carboxylic acid groups (broad SMARTS) is 1. The molecule has 0 aliphatic carbocycles. The van der Waals surface area contributed by atoms with Crippen LogP contribution < -0.4 is 10.9 Å². The molecule has 1 amide bonds. The minimum absolute atomic E-state index is 0.0277. The zero-order chi connectivity index (χ0) is 15.2. The Morgan fingerprint density at radius 2 is 2.19 bits per heavy atom. The number of pyridine rings is 1. The number of nitrogens with zero attached hydrogens (tertiary/aromatic N) is 2. The number of hydrogen-bond donors (Lipinski definition) is 2. The van der Waals surface area contributed by atoms with Crippen LogP contribution in [0.2, 0.25) is 0 Å². The fourth-order valence-electron chi connectivity index (χ4n) is 1.62. The number of aromatic carboxylic acids is 1. The van der Waals surface area contributed by atoms with Crippen molar-refractivity contribution in [3.8, 4) is 0 Å². The number of aryl methyl sites for hydroxylation is 1. The zero-order valence-electron chi connectivity index (χ0n) is 11.0.